The highest BCUT2D eigenvalue weighted by Gasteiger charge is 2.20. The van der Waals surface area contributed by atoms with Gasteiger partial charge in [-0.3, -0.25) is 9.59 Å². The Balaban J connectivity index is 1.66. The minimum Gasteiger partial charge on any atom is -0.497 e. The summed E-state index contributed by atoms with van der Waals surface area (Å²) in [5.74, 6) is 0.334. The normalized spacial score (nSPS) is 11.7. The number of ether oxygens (including phenoxy) is 3. The number of fused-ring (bicyclic) bond motifs is 1. The fourth-order valence-corrected chi connectivity index (χ4v) is 3.32. The Morgan fingerprint density at radius 2 is 1.65 bits per heavy atom. The molecule has 0 radical (unpaired) electrons. The van der Waals surface area contributed by atoms with Crippen molar-refractivity contribution in [1.29, 1.82) is 0 Å². The van der Waals surface area contributed by atoms with Gasteiger partial charge in [-0.15, -0.1) is 0 Å². The van der Waals surface area contributed by atoms with Crippen LogP contribution in [0.1, 0.15) is 34.8 Å². The van der Waals surface area contributed by atoms with Crippen LogP contribution in [-0.2, 0) is 16.0 Å². The molecule has 1 atom stereocenters. The summed E-state index contributed by atoms with van der Waals surface area (Å²) in [4.78, 5) is 37.2. The summed E-state index contributed by atoms with van der Waals surface area (Å²) >= 11 is 0. The Labute approximate surface area is 179 Å². The molecule has 31 heavy (non-hydrogen) atoms. The third kappa shape index (κ3) is 4.94. The largest absolute Gasteiger partial charge is 0.497 e. The number of hydrogen-bond acceptors (Lipinski definition) is 7. The van der Waals surface area contributed by atoms with E-state index in [0.717, 1.165) is 10.9 Å². The van der Waals surface area contributed by atoms with E-state index in [-0.39, 0.29) is 18.6 Å². The van der Waals surface area contributed by atoms with E-state index in [9.17, 15) is 14.4 Å². The monoisotopic (exact) mass is 424 g/mol. The summed E-state index contributed by atoms with van der Waals surface area (Å²) in [6.07, 6.45) is -0.839. The fourth-order valence-electron chi connectivity index (χ4n) is 3.32. The van der Waals surface area contributed by atoms with Crippen molar-refractivity contribution in [2.45, 2.75) is 32.8 Å². The summed E-state index contributed by atoms with van der Waals surface area (Å²) in [5, 5.41) is 0.770. The van der Waals surface area contributed by atoms with Gasteiger partial charge >= 0.3 is 11.6 Å². The first-order chi connectivity index (χ1) is 14.8. The summed E-state index contributed by atoms with van der Waals surface area (Å²) in [7, 11) is 3.07. The maximum Gasteiger partial charge on any atom is 0.339 e. The molecule has 0 amide bonds. The molecule has 3 aromatic rings. The van der Waals surface area contributed by atoms with E-state index >= 15 is 0 Å². The lowest BCUT2D eigenvalue weighted by atomic mass is 10.0. The maximum absolute atomic E-state index is 12.5. The van der Waals surface area contributed by atoms with E-state index in [1.165, 1.54) is 21.1 Å². The van der Waals surface area contributed by atoms with Crippen molar-refractivity contribution >= 4 is 22.7 Å². The van der Waals surface area contributed by atoms with Gasteiger partial charge in [0.1, 0.15) is 17.1 Å². The van der Waals surface area contributed by atoms with Gasteiger partial charge in [-0.2, -0.15) is 0 Å². The Morgan fingerprint density at radius 1 is 1.00 bits per heavy atom. The van der Waals surface area contributed by atoms with Gasteiger partial charge in [0.25, 0.3) is 0 Å². The minimum atomic E-state index is -0.942. The van der Waals surface area contributed by atoms with Crippen molar-refractivity contribution in [3.8, 4) is 11.5 Å². The molecule has 162 valence electrons. The number of esters is 1. The zero-order valence-corrected chi connectivity index (χ0v) is 17.9. The molecular formula is C24H24O7. The first-order valence-electron chi connectivity index (χ1n) is 9.82. The van der Waals surface area contributed by atoms with Crippen molar-refractivity contribution in [3.63, 3.8) is 0 Å². The number of benzene rings is 2. The third-order valence-corrected chi connectivity index (χ3v) is 5.13. The lowest BCUT2D eigenvalue weighted by Crippen LogP contribution is -2.25. The maximum atomic E-state index is 12.5. The number of carbonyl (C=O) groups is 2. The Morgan fingerprint density at radius 3 is 2.29 bits per heavy atom. The molecule has 7 nitrogen and oxygen atoms in total. The van der Waals surface area contributed by atoms with Gasteiger partial charge in [-0.1, -0.05) is 0 Å². The predicted octanol–water partition coefficient (Wildman–Crippen LogP) is 3.87. The van der Waals surface area contributed by atoms with Crippen LogP contribution in [0.5, 0.6) is 11.5 Å². The molecule has 0 bridgehead atoms. The molecule has 0 spiro atoms. The number of carbonyl (C=O) groups excluding carboxylic acids is 2. The van der Waals surface area contributed by atoms with Crippen LogP contribution in [0.25, 0.3) is 11.0 Å². The highest BCUT2D eigenvalue weighted by atomic mass is 16.5. The topological polar surface area (TPSA) is 92.0 Å². The summed E-state index contributed by atoms with van der Waals surface area (Å²) in [6.45, 7) is 3.33. The first-order valence-corrected chi connectivity index (χ1v) is 9.82. The van der Waals surface area contributed by atoms with Crippen LogP contribution in [0.15, 0.2) is 51.7 Å². The highest BCUT2D eigenvalue weighted by molar-refractivity contribution is 6.00. The van der Waals surface area contributed by atoms with Crippen LogP contribution in [0.4, 0.5) is 0 Å². The predicted molar refractivity (Wildman–Crippen MR) is 115 cm³/mol. The Kier molecular flexibility index (Phi) is 6.74. The highest BCUT2D eigenvalue weighted by Crippen LogP contribution is 2.24. The van der Waals surface area contributed by atoms with Crippen molar-refractivity contribution in [2.75, 3.05) is 14.2 Å². The molecule has 1 heterocycles. The lowest BCUT2D eigenvalue weighted by molar-refractivity contribution is -0.146. The van der Waals surface area contributed by atoms with Crippen molar-refractivity contribution in [3.05, 3.63) is 69.6 Å². The second-order valence-corrected chi connectivity index (χ2v) is 7.08. The fraction of sp³-hybridized carbons (Fsp3) is 0.292. The summed E-state index contributed by atoms with van der Waals surface area (Å²) < 4.78 is 20.9. The molecule has 3 rings (SSSR count). The number of ketones is 1. The molecular weight excluding hydrogens is 400 g/mol. The average Bonchev–Trinajstić information content (AvgIpc) is 2.77. The van der Waals surface area contributed by atoms with E-state index in [1.807, 2.05) is 13.0 Å². The Bertz CT molecular complexity index is 1160. The van der Waals surface area contributed by atoms with Gasteiger partial charge in [-0.25, -0.2) is 4.79 Å². The summed E-state index contributed by atoms with van der Waals surface area (Å²) in [5.41, 5.74) is 1.48. The minimum absolute atomic E-state index is 0.0481. The molecule has 0 aliphatic carbocycles. The van der Waals surface area contributed by atoms with E-state index < -0.39 is 17.7 Å². The first kappa shape index (κ1) is 22.1. The molecule has 0 saturated carbocycles. The van der Waals surface area contributed by atoms with Crippen LogP contribution >= 0.6 is 0 Å². The van der Waals surface area contributed by atoms with Crippen molar-refractivity contribution < 1.29 is 28.2 Å². The number of rotatable bonds is 8. The molecule has 0 fully saturated rings. The summed E-state index contributed by atoms with van der Waals surface area (Å²) in [6, 6.07) is 11.8. The van der Waals surface area contributed by atoms with Gasteiger partial charge in [0.05, 0.1) is 14.2 Å². The van der Waals surface area contributed by atoms with Crippen LogP contribution in [-0.4, -0.2) is 32.1 Å². The van der Waals surface area contributed by atoms with Gasteiger partial charge in [0.15, 0.2) is 6.10 Å². The quantitative estimate of drug-likeness (QED) is 0.308. The van der Waals surface area contributed by atoms with E-state index in [4.69, 9.17) is 18.6 Å². The Hall–Kier alpha value is -3.61. The second-order valence-electron chi connectivity index (χ2n) is 7.08. The molecule has 2 aromatic carbocycles. The van der Waals surface area contributed by atoms with Crippen LogP contribution in [0.2, 0.25) is 0 Å². The van der Waals surface area contributed by atoms with Gasteiger partial charge < -0.3 is 18.6 Å². The molecule has 1 unspecified atom stereocenters. The molecule has 0 aliphatic heterocycles. The number of aryl methyl sites for hydroxylation is 1. The van der Waals surface area contributed by atoms with Gasteiger partial charge in [0.2, 0.25) is 5.78 Å². The van der Waals surface area contributed by atoms with Crippen LogP contribution in [0.3, 0.4) is 0 Å². The molecule has 0 saturated heterocycles. The van der Waals surface area contributed by atoms with E-state index in [0.29, 0.717) is 28.2 Å². The molecule has 0 aliphatic rings. The van der Waals surface area contributed by atoms with Crippen LogP contribution in [0, 0.1) is 6.92 Å². The van der Waals surface area contributed by atoms with Crippen molar-refractivity contribution in [2.24, 2.45) is 0 Å². The average molecular weight is 424 g/mol. The van der Waals surface area contributed by atoms with E-state index in [2.05, 4.69) is 0 Å². The van der Waals surface area contributed by atoms with Gasteiger partial charge in [0, 0.05) is 29.0 Å². The number of hydrogen-bond donors (Lipinski definition) is 0. The number of Topliss-reactive ketones (excluding diaryl/α,β-unsaturated/α-hetero) is 1. The zero-order chi connectivity index (χ0) is 22.5. The smallest absolute Gasteiger partial charge is 0.339 e. The van der Waals surface area contributed by atoms with Gasteiger partial charge in [-0.05, 0) is 62.2 Å². The SMILES string of the molecule is COc1ccc(C(=O)C(C)OC(=O)CCc2c(C)c3ccc(OC)cc3oc2=O)cc1. The standard InChI is InChI=1S/C24H24O7/c1-14-19-10-9-18(29-4)13-21(19)31-24(27)20(14)11-12-22(25)30-15(2)23(26)16-5-7-17(28-3)8-6-16/h5-10,13,15H,11-12H2,1-4H3. The second kappa shape index (κ2) is 9.47. The molecule has 7 heteroatoms. The van der Waals surface area contributed by atoms with E-state index in [1.54, 1.807) is 36.4 Å². The number of methoxy groups -OCH3 is 2. The third-order valence-electron chi connectivity index (χ3n) is 5.13. The van der Waals surface area contributed by atoms with Crippen LogP contribution < -0.4 is 15.1 Å². The van der Waals surface area contributed by atoms with Crippen molar-refractivity contribution in [1.82, 2.24) is 0 Å². The lowest BCUT2D eigenvalue weighted by Gasteiger charge is -2.13. The molecule has 1 aromatic heterocycles. The zero-order valence-electron chi connectivity index (χ0n) is 17.9. The molecule has 0 N–H and O–H groups in total.